The fraction of sp³-hybridized carbons (Fsp3) is 0.133. The van der Waals surface area contributed by atoms with Gasteiger partial charge in [0.1, 0.15) is 12.9 Å². The van der Waals surface area contributed by atoms with E-state index >= 15 is 0 Å². The molecule has 0 radical (unpaired) electrons. The molecule has 100 valence electrons. The summed E-state index contributed by atoms with van der Waals surface area (Å²) in [5.74, 6) is 5.06. The summed E-state index contributed by atoms with van der Waals surface area (Å²) in [7, 11) is 0. The highest BCUT2D eigenvalue weighted by Crippen LogP contribution is 2.07. The summed E-state index contributed by atoms with van der Waals surface area (Å²) in [5, 5.41) is 11.5. The summed E-state index contributed by atoms with van der Waals surface area (Å²) >= 11 is 0. The second kappa shape index (κ2) is 7.02. The number of nitrogens with one attached hydrogen (secondary N) is 1. The number of nitrogens with zero attached hydrogens (tertiary/aromatic N) is 2. The first-order valence-electron chi connectivity index (χ1n) is 6.03. The SMILES string of the molecule is O=C(NCc1ccncn1)c1ccccc1C#CCO. The predicted octanol–water partition coefficient (Wildman–Crippen LogP) is 0.750. The van der Waals surface area contributed by atoms with Gasteiger partial charge in [0.05, 0.1) is 17.8 Å². The maximum atomic E-state index is 12.1. The molecule has 0 aliphatic rings. The van der Waals surface area contributed by atoms with Crippen molar-refractivity contribution < 1.29 is 9.90 Å². The zero-order chi connectivity index (χ0) is 14.2. The van der Waals surface area contributed by atoms with Crippen LogP contribution in [0.3, 0.4) is 0 Å². The number of rotatable bonds is 3. The van der Waals surface area contributed by atoms with Crippen molar-refractivity contribution in [2.24, 2.45) is 0 Å². The molecule has 5 nitrogen and oxygen atoms in total. The summed E-state index contributed by atoms with van der Waals surface area (Å²) in [6, 6.07) is 8.73. The maximum Gasteiger partial charge on any atom is 0.252 e. The number of aliphatic hydroxyl groups is 1. The molecule has 5 heteroatoms. The van der Waals surface area contributed by atoms with Crippen LogP contribution in [0.5, 0.6) is 0 Å². The minimum Gasteiger partial charge on any atom is -0.384 e. The van der Waals surface area contributed by atoms with E-state index in [2.05, 4.69) is 27.1 Å². The van der Waals surface area contributed by atoms with Crippen molar-refractivity contribution in [2.45, 2.75) is 6.54 Å². The Morgan fingerprint density at radius 3 is 2.90 bits per heavy atom. The van der Waals surface area contributed by atoms with E-state index in [1.54, 1.807) is 36.5 Å². The quantitative estimate of drug-likeness (QED) is 0.805. The molecule has 0 saturated heterocycles. The van der Waals surface area contributed by atoms with Crippen LogP contribution in [0.1, 0.15) is 21.6 Å². The van der Waals surface area contributed by atoms with Crippen LogP contribution < -0.4 is 5.32 Å². The molecule has 0 atom stereocenters. The molecule has 0 saturated carbocycles. The Morgan fingerprint density at radius 1 is 1.30 bits per heavy atom. The van der Waals surface area contributed by atoms with Gasteiger partial charge < -0.3 is 10.4 Å². The maximum absolute atomic E-state index is 12.1. The number of amides is 1. The Morgan fingerprint density at radius 2 is 2.15 bits per heavy atom. The zero-order valence-corrected chi connectivity index (χ0v) is 10.7. The molecule has 1 amide bonds. The molecule has 1 aromatic carbocycles. The molecule has 2 rings (SSSR count). The minimum absolute atomic E-state index is 0.230. The van der Waals surface area contributed by atoms with Crippen molar-refractivity contribution >= 4 is 5.91 Å². The van der Waals surface area contributed by atoms with E-state index in [0.717, 1.165) is 5.69 Å². The van der Waals surface area contributed by atoms with E-state index in [0.29, 0.717) is 17.7 Å². The lowest BCUT2D eigenvalue weighted by molar-refractivity contribution is 0.0950. The molecule has 1 heterocycles. The Hall–Kier alpha value is -2.71. The van der Waals surface area contributed by atoms with Gasteiger partial charge in [0.2, 0.25) is 0 Å². The highest BCUT2D eigenvalue weighted by molar-refractivity contribution is 5.96. The second-order valence-electron chi connectivity index (χ2n) is 3.89. The van der Waals surface area contributed by atoms with E-state index in [1.165, 1.54) is 6.33 Å². The second-order valence-corrected chi connectivity index (χ2v) is 3.89. The minimum atomic E-state index is -0.239. The van der Waals surface area contributed by atoms with Crippen LogP contribution in [-0.2, 0) is 6.54 Å². The largest absolute Gasteiger partial charge is 0.384 e. The first kappa shape index (κ1) is 13.7. The van der Waals surface area contributed by atoms with E-state index in [1.807, 2.05) is 0 Å². The number of benzene rings is 1. The van der Waals surface area contributed by atoms with Crippen LogP contribution in [-0.4, -0.2) is 27.6 Å². The number of aliphatic hydroxyl groups excluding tert-OH is 1. The average Bonchev–Trinajstić information content (AvgIpc) is 2.52. The summed E-state index contributed by atoms with van der Waals surface area (Å²) in [6.45, 7) is 0.0833. The fourth-order valence-electron chi connectivity index (χ4n) is 1.61. The zero-order valence-electron chi connectivity index (χ0n) is 10.7. The van der Waals surface area contributed by atoms with Crippen LogP contribution in [0.15, 0.2) is 42.9 Å². The Labute approximate surface area is 116 Å². The molecule has 20 heavy (non-hydrogen) atoms. The van der Waals surface area contributed by atoms with Crippen LogP contribution in [0.4, 0.5) is 0 Å². The highest BCUT2D eigenvalue weighted by atomic mass is 16.2. The molecule has 0 fully saturated rings. The molecule has 2 N–H and O–H groups in total. The Balaban J connectivity index is 2.09. The molecule has 1 aromatic heterocycles. The van der Waals surface area contributed by atoms with Gasteiger partial charge in [0.25, 0.3) is 5.91 Å². The smallest absolute Gasteiger partial charge is 0.252 e. The van der Waals surface area contributed by atoms with Crippen molar-refractivity contribution in [3.63, 3.8) is 0 Å². The molecule has 2 aromatic rings. The molecule has 0 aliphatic heterocycles. The number of aromatic nitrogens is 2. The van der Waals surface area contributed by atoms with Crippen molar-refractivity contribution in [2.75, 3.05) is 6.61 Å². The number of carbonyl (C=O) groups excluding carboxylic acids is 1. The summed E-state index contributed by atoms with van der Waals surface area (Å²) < 4.78 is 0. The molecule has 0 spiro atoms. The van der Waals surface area contributed by atoms with Gasteiger partial charge in [0.15, 0.2) is 0 Å². The Kier molecular flexibility index (Phi) is 4.81. The standard InChI is InChI=1S/C15H13N3O2/c19-9-3-5-12-4-1-2-6-14(12)15(20)17-10-13-7-8-16-11-18-13/h1-2,4,6-8,11,19H,9-10H2,(H,17,20). The van der Waals surface area contributed by atoms with Crippen LogP contribution in [0, 0.1) is 11.8 Å². The van der Waals surface area contributed by atoms with Gasteiger partial charge in [-0.15, -0.1) is 0 Å². The Bertz CT molecular complexity index is 645. The van der Waals surface area contributed by atoms with Gasteiger partial charge in [-0.05, 0) is 18.2 Å². The molecule has 0 aliphatic carbocycles. The number of carbonyl (C=O) groups is 1. The van der Waals surface area contributed by atoms with Gasteiger partial charge in [-0.2, -0.15) is 0 Å². The van der Waals surface area contributed by atoms with Gasteiger partial charge in [-0.1, -0.05) is 24.0 Å². The number of hydrogen-bond donors (Lipinski definition) is 2. The number of hydrogen-bond acceptors (Lipinski definition) is 4. The first-order valence-corrected chi connectivity index (χ1v) is 6.03. The fourth-order valence-corrected chi connectivity index (χ4v) is 1.61. The third-order valence-corrected chi connectivity index (χ3v) is 2.55. The van der Waals surface area contributed by atoms with E-state index in [9.17, 15) is 4.79 Å². The molecule has 0 bridgehead atoms. The summed E-state index contributed by atoms with van der Waals surface area (Å²) in [6.07, 6.45) is 3.05. The van der Waals surface area contributed by atoms with Gasteiger partial charge in [-0.25, -0.2) is 9.97 Å². The normalized spacial score (nSPS) is 9.45. The summed E-state index contributed by atoms with van der Waals surface area (Å²) in [4.78, 5) is 20.0. The van der Waals surface area contributed by atoms with Crippen LogP contribution in [0.25, 0.3) is 0 Å². The predicted molar refractivity (Wildman–Crippen MR) is 73.6 cm³/mol. The monoisotopic (exact) mass is 267 g/mol. The molecular formula is C15H13N3O2. The van der Waals surface area contributed by atoms with Crippen molar-refractivity contribution in [3.8, 4) is 11.8 Å². The topological polar surface area (TPSA) is 75.1 Å². The van der Waals surface area contributed by atoms with Gasteiger partial charge in [-0.3, -0.25) is 4.79 Å². The third-order valence-electron chi connectivity index (χ3n) is 2.55. The van der Waals surface area contributed by atoms with Crippen molar-refractivity contribution in [3.05, 3.63) is 59.7 Å². The van der Waals surface area contributed by atoms with Crippen molar-refractivity contribution in [1.82, 2.24) is 15.3 Å². The first-order chi connectivity index (χ1) is 9.81. The lowest BCUT2D eigenvalue weighted by Crippen LogP contribution is -2.24. The lowest BCUT2D eigenvalue weighted by atomic mass is 10.1. The van der Waals surface area contributed by atoms with Gasteiger partial charge in [0, 0.05) is 11.8 Å². The van der Waals surface area contributed by atoms with Crippen LogP contribution >= 0.6 is 0 Å². The average molecular weight is 267 g/mol. The molecule has 0 unspecified atom stereocenters. The third kappa shape index (κ3) is 3.64. The highest BCUT2D eigenvalue weighted by Gasteiger charge is 2.09. The summed E-state index contributed by atoms with van der Waals surface area (Å²) in [5.41, 5.74) is 1.79. The van der Waals surface area contributed by atoms with Crippen molar-refractivity contribution in [1.29, 1.82) is 0 Å². The van der Waals surface area contributed by atoms with E-state index in [4.69, 9.17) is 5.11 Å². The lowest BCUT2D eigenvalue weighted by Gasteiger charge is -2.06. The molecular weight excluding hydrogens is 254 g/mol. The van der Waals surface area contributed by atoms with Gasteiger partial charge >= 0.3 is 0 Å². The van der Waals surface area contributed by atoms with E-state index in [-0.39, 0.29) is 12.5 Å². The van der Waals surface area contributed by atoms with E-state index < -0.39 is 0 Å². The van der Waals surface area contributed by atoms with Crippen LogP contribution in [0.2, 0.25) is 0 Å².